The van der Waals surface area contributed by atoms with E-state index in [9.17, 15) is 5.11 Å². The van der Waals surface area contributed by atoms with Crippen LogP contribution in [0, 0.1) is 6.92 Å². The quantitative estimate of drug-likeness (QED) is 0.809. The first-order chi connectivity index (χ1) is 12.1. The lowest BCUT2D eigenvalue weighted by atomic mass is 10.0. The highest BCUT2D eigenvalue weighted by Crippen LogP contribution is 2.33. The van der Waals surface area contributed by atoms with Crippen LogP contribution in [-0.4, -0.2) is 19.0 Å². The molecule has 3 rings (SSSR count). The third-order valence-corrected chi connectivity index (χ3v) is 3.88. The normalized spacial score (nSPS) is 11.3. The summed E-state index contributed by atoms with van der Waals surface area (Å²) < 4.78 is 15.5. The van der Waals surface area contributed by atoms with Crippen LogP contribution in [0.5, 0.6) is 23.0 Å². The van der Waals surface area contributed by atoms with Crippen molar-refractivity contribution >= 4 is 0 Å². The maximum absolute atomic E-state index is 9.43. The number of phenolic OH excluding ortho intramolecular Hbond substituents is 1. The molecule has 1 aliphatic rings. The molecule has 0 spiro atoms. The molecular formula is C21H24O4. The standard InChI is InChI=1S/C11H14O2.C10H10O2/c1-4-5-9-6-7-10(12)11(13-3)8(9)2;1-2-3-8-4-5-9-10(6-8)12-7-11-9/h4,6-7,12H,1,5H2,2-3H3;2,4-6H,1,3,7H2. The molecular weight excluding hydrogens is 316 g/mol. The first-order valence-corrected chi connectivity index (χ1v) is 8.06. The molecule has 0 amide bonds. The zero-order valence-electron chi connectivity index (χ0n) is 14.7. The number of rotatable bonds is 5. The molecule has 25 heavy (non-hydrogen) atoms. The van der Waals surface area contributed by atoms with Gasteiger partial charge in [-0.1, -0.05) is 24.3 Å². The van der Waals surface area contributed by atoms with Gasteiger partial charge in [0.25, 0.3) is 0 Å². The summed E-state index contributed by atoms with van der Waals surface area (Å²) in [7, 11) is 1.56. The van der Waals surface area contributed by atoms with Crippen LogP contribution >= 0.6 is 0 Å². The molecule has 132 valence electrons. The SMILES string of the molecule is C=CCc1ccc(O)c(OC)c1C.C=CCc1ccc2c(c1)OCO2. The van der Waals surface area contributed by atoms with Crippen LogP contribution < -0.4 is 14.2 Å². The fraction of sp³-hybridized carbons (Fsp3) is 0.238. The monoisotopic (exact) mass is 340 g/mol. The van der Waals surface area contributed by atoms with E-state index in [2.05, 4.69) is 13.2 Å². The second-order valence-electron chi connectivity index (χ2n) is 5.58. The van der Waals surface area contributed by atoms with E-state index in [-0.39, 0.29) is 5.75 Å². The second-order valence-corrected chi connectivity index (χ2v) is 5.58. The summed E-state index contributed by atoms with van der Waals surface area (Å²) in [6, 6.07) is 9.47. The number of methoxy groups -OCH3 is 1. The molecule has 1 aliphatic heterocycles. The Morgan fingerprint density at radius 2 is 1.80 bits per heavy atom. The third kappa shape index (κ3) is 4.57. The van der Waals surface area contributed by atoms with Gasteiger partial charge in [0.1, 0.15) is 0 Å². The Labute approximate surface area is 149 Å². The van der Waals surface area contributed by atoms with Crippen LogP contribution in [0.3, 0.4) is 0 Å². The van der Waals surface area contributed by atoms with Crippen LogP contribution in [0.25, 0.3) is 0 Å². The molecule has 2 aromatic carbocycles. The number of benzene rings is 2. The highest BCUT2D eigenvalue weighted by molar-refractivity contribution is 5.49. The van der Waals surface area contributed by atoms with Crippen LogP contribution in [-0.2, 0) is 12.8 Å². The van der Waals surface area contributed by atoms with Gasteiger partial charge >= 0.3 is 0 Å². The zero-order chi connectivity index (χ0) is 18.2. The third-order valence-electron chi connectivity index (χ3n) is 3.88. The van der Waals surface area contributed by atoms with Gasteiger partial charge in [0.05, 0.1) is 7.11 Å². The van der Waals surface area contributed by atoms with Gasteiger partial charge in [-0.25, -0.2) is 0 Å². The molecule has 2 aromatic rings. The van der Waals surface area contributed by atoms with Crippen molar-refractivity contribution in [1.82, 2.24) is 0 Å². The first-order valence-electron chi connectivity index (χ1n) is 8.06. The van der Waals surface area contributed by atoms with E-state index in [1.807, 2.05) is 43.3 Å². The van der Waals surface area contributed by atoms with E-state index in [1.165, 1.54) is 5.56 Å². The molecule has 0 bridgehead atoms. The van der Waals surface area contributed by atoms with Gasteiger partial charge in [-0.05, 0) is 54.7 Å². The minimum atomic E-state index is 0.188. The fourth-order valence-corrected chi connectivity index (χ4v) is 2.59. The molecule has 0 aromatic heterocycles. The van der Waals surface area contributed by atoms with Crippen molar-refractivity contribution in [3.8, 4) is 23.0 Å². The average molecular weight is 340 g/mol. The van der Waals surface area contributed by atoms with Crippen molar-refractivity contribution in [3.05, 3.63) is 72.3 Å². The van der Waals surface area contributed by atoms with Crippen LogP contribution in [0.1, 0.15) is 16.7 Å². The van der Waals surface area contributed by atoms with E-state index in [0.29, 0.717) is 12.5 Å². The summed E-state index contributed by atoms with van der Waals surface area (Å²) in [6.45, 7) is 9.62. The number of hydrogen-bond donors (Lipinski definition) is 1. The van der Waals surface area contributed by atoms with Crippen LogP contribution in [0.2, 0.25) is 0 Å². The molecule has 0 saturated heterocycles. The summed E-state index contributed by atoms with van der Waals surface area (Å²) in [6.07, 6.45) is 5.37. The lowest BCUT2D eigenvalue weighted by molar-refractivity contribution is 0.174. The molecule has 0 radical (unpaired) electrons. The van der Waals surface area contributed by atoms with Crippen molar-refractivity contribution in [1.29, 1.82) is 0 Å². The minimum absolute atomic E-state index is 0.188. The Morgan fingerprint density at radius 1 is 1.08 bits per heavy atom. The van der Waals surface area contributed by atoms with Crippen molar-refractivity contribution in [2.75, 3.05) is 13.9 Å². The number of hydrogen-bond acceptors (Lipinski definition) is 4. The Hall–Kier alpha value is -2.88. The largest absolute Gasteiger partial charge is 0.504 e. The van der Waals surface area contributed by atoms with Crippen LogP contribution in [0.4, 0.5) is 0 Å². The van der Waals surface area contributed by atoms with E-state index >= 15 is 0 Å². The molecule has 0 unspecified atom stereocenters. The van der Waals surface area contributed by atoms with E-state index in [0.717, 1.165) is 35.5 Å². The molecule has 0 saturated carbocycles. The number of ether oxygens (including phenoxy) is 3. The second kappa shape index (κ2) is 8.83. The molecule has 4 heteroatoms. The summed E-state index contributed by atoms with van der Waals surface area (Å²) >= 11 is 0. The van der Waals surface area contributed by atoms with Gasteiger partial charge in [-0.3, -0.25) is 0 Å². The molecule has 0 atom stereocenters. The van der Waals surface area contributed by atoms with Gasteiger partial charge in [-0.2, -0.15) is 0 Å². The Bertz CT molecular complexity index is 750. The summed E-state index contributed by atoms with van der Waals surface area (Å²) in [5, 5.41) is 9.43. The topological polar surface area (TPSA) is 47.9 Å². The first kappa shape index (κ1) is 18.5. The number of aromatic hydroxyl groups is 1. The molecule has 1 N–H and O–H groups in total. The average Bonchev–Trinajstić information content (AvgIpc) is 3.07. The Kier molecular flexibility index (Phi) is 6.52. The summed E-state index contributed by atoms with van der Waals surface area (Å²) in [4.78, 5) is 0. The van der Waals surface area contributed by atoms with Gasteiger partial charge in [0.2, 0.25) is 6.79 Å². The fourth-order valence-electron chi connectivity index (χ4n) is 2.59. The lowest BCUT2D eigenvalue weighted by Gasteiger charge is -2.10. The summed E-state index contributed by atoms with van der Waals surface area (Å²) in [5.41, 5.74) is 3.31. The van der Waals surface area contributed by atoms with Gasteiger partial charge in [0, 0.05) is 0 Å². The van der Waals surface area contributed by atoms with Crippen molar-refractivity contribution < 1.29 is 19.3 Å². The molecule has 4 nitrogen and oxygen atoms in total. The van der Waals surface area contributed by atoms with E-state index in [4.69, 9.17) is 14.2 Å². The van der Waals surface area contributed by atoms with Gasteiger partial charge in [0.15, 0.2) is 23.0 Å². The predicted molar refractivity (Wildman–Crippen MR) is 99.8 cm³/mol. The minimum Gasteiger partial charge on any atom is -0.504 e. The number of phenols is 1. The zero-order valence-corrected chi connectivity index (χ0v) is 14.7. The Balaban J connectivity index is 0.000000181. The number of allylic oxidation sites excluding steroid dienone is 2. The molecule has 0 aliphatic carbocycles. The van der Waals surface area contributed by atoms with Crippen molar-refractivity contribution in [2.24, 2.45) is 0 Å². The molecule has 0 fully saturated rings. The van der Waals surface area contributed by atoms with Crippen molar-refractivity contribution in [2.45, 2.75) is 19.8 Å². The Morgan fingerprint density at radius 3 is 2.48 bits per heavy atom. The highest BCUT2D eigenvalue weighted by atomic mass is 16.7. The lowest BCUT2D eigenvalue weighted by Crippen LogP contribution is -1.93. The summed E-state index contributed by atoms with van der Waals surface area (Å²) in [5.74, 6) is 2.42. The van der Waals surface area contributed by atoms with Gasteiger partial charge < -0.3 is 19.3 Å². The maximum Gasteiger partial charge on any atom is 0.231 e. The maximum atomic E-state index is 9.43. The predicted octanol–water partition coefficient (Wildman–Crippen LogP) is 4.58. The molecule has 1 heterocycles. The number of fused-ring (bicyclic) bond motifs is 1. The van der Waals surface area contributed by atoms with E-state index < -0.39 is 0 Å². The van der Waals surface area contributed by atoms with E-state index in [1.54, 1.807) is 13.2 Å². The van der Waals surface area contributed by atoms with Crippen LogP contribution in [0.15, 0.2) is 55.6 Å². The van der Waals surface area contributed by atoms with Gasteiger partial charge in [-0.15, -0.1) is 13.2 Å². The van der Waals surface area contributed by atoms with Crippen molar-refractivity contribution in [3.63, 3.8) is 0 Å². The smallest absolute Gasteiger partial charge is 0.231 e. The highest BCUT2D eigenvalue weighted by Gasteiger charge is 2.12.